The van der Waals surface area contributed by atoms with Gasteiger partial charge >= 0.3 is 0 Å². The number of unbranched alkanes of at least 4 members (excludes halogenated alkanes) is 3. The zero-order chi connectivity index (χ0) is 8.53. The molecule has 0 bridgehead atoms. The fourth-order valence-corrected chi connectivity index (χ4v) is 1.19. The average Bonchev–Trinajstić information content (AvgIpc) is 2.05. The largest absolute Gasteiger partial charge is 0.330 e. The fraction of sp³-hybridized carbons (Fsp3) is 1.00. The molecule has 0 rings (SSSR count). The standard InChI is InChI=1S/C9H22N2/c1-2-3-4-5-6-9(7-10)8-11/h9H,2-8,10-11H2,1H3. The zero-order valence-corrected chi connectivity index (χ0v) is 7.68. The maximum Gasteiger partial charge on any atom is -0.00368 e. The number of nitrogens with two attached hydrogens (primary N) is 2. The van der Waals surface area contributed by atoms with Gasteiger partial charge in [-0.3, -0.25) is 0 Å². The molecule has 0 saturated carbocycles. The van der Waals surface area contributed by atoms with Crippen LogP contribution in [-0.4, -0.2) is 13.1 Å². The summed E-state index contributed by atoms with van der Waals surface area (Å²) in [6, 6.07) is 0. The number of hydrogen-bond donors (Lipinski definition) is 2. The lowest BCUT2D eigenvalue weighted by Gasteiger charge is -2.10. The lowest BCUT2D eigenvalue weighted by atomic mass is 10.0. The minimum atomic E-state index is 0.562. The van der Waals surface area contributed by atoms with Crippen LogP contribution in [0.1, 0.15) is 39.0 Å². The second kappa shape index (κ2) is 8.02. The molecule has 68 valence electrons. The number of rotatable bonds is 7. The van der Waals surface area contributed by atoms with Gasteiger partial charge in [0.2, 0.25) is 0 Å². The van der Waals surface area contributed by atoms with E-state index in [0.29, 0.717) is 5.92 Å². The molecule has 0 saturated heterocycles. The minimum Gasteiger partial charge on any atom is -0.330 e. The van der Waals surface area contributed by atoms with Crippen LogP contribution in [0.3, 0.4) is 0 Å². The molecule has 11 heavy (non-hydrogen) atoms. The Bertz CT molecular complexity index is 70.0. The van der Waals surface area contributed by atoms with E-state index in [-0.39, 0.29) is 0 Å². The molecule has 0 radical (unpaired) electrons. The first-order chi connectivity index (χ1) is 5.35. The van der Waals surface area contributed by atoms with E-state index in [9.17, 15) is 0 Å². The van der Waals surface area contributed by atoms with Crippen molar-refractivity contribution in [3.8, 4) is 0 Å². The van der Waals surface area contributed by atoms with Gasteiger partial charge in [0, 0.05) is 0 Å². The molecule has 2 heteroatoms. The van der Waals surface area contributed by atoms with Gasteiger partial charge in [-0.1, -0.05) is 32.6 Å². The summed E-state index contributed by atoms with van der Waals surface area (Å²) in [5.74, 6) is 0.562. The monoisotopic (exact) mass is 158 g/mol. The molecule has 4 N–H and O–H groups in total. The Balaban J connectivity index is 3.07. The second-order valence-electron chi connectivity index (χ2n) is 3.19. The molecule has 0 aliphatic rings. The highest BCUT2D eigenvalue weighted by Crippen LogP contribution is 2.08. The number of hydrogen-bond acceptors (Lipinski definition) is 2. The van der Waals surface area contributed by atoms with Crippen LogP contribution in [0.5, 0.6) is 0 Å². The molecular weight excluding hydrogens is 136 g/mol. The summed E-state index contributed by atoms with van der Waals surface area (Å²) in [5, 5.41) is 0. The van der Waals surface area contributed by atoms with Gasteiger partial charge in [-0.15, -0.1) is 0 Å². The highest BCUT2D eigenvalue weighted by molar-refractivity contribution is 4.60. The van der Waals surface area contributed by atoms with E-state index in [1.807, 2.05) is 0 Å². The van der Waals surface area contributed by atoms with Crippen molar-refractivity contribution in [2.75, 3.05) is 13.1 Å². The predicted octanol–water partition coefficient (Wildman–Crippen LogP) is 1.49. The van der Waals surface area contributed by atoms with E-state index >= 15 is 0 Å². The topological polar surface area (TPSA) is 52.0 Å². The summed E-state index contributed by atoms with van der Waals surface area (Å²) >= 11 is 0. The van der Waals surface area contributed by atoms with Crippen molar-refractivity contribution in [2.45, 2.75) is 39.0 Å². The predicted molar refractivity (Wildman–Crippen MR) is 50.4 cm³/mol. The first-order valence-electron chi connectivity index (χ1n) is 4.75. The highest BCUT2D eigenvalue weighted by Gasteiger charge is 2.02. The second-order valence-corrected chi connectivity index (χ2v) is 3.19. The van der Waals surface area contributed by atoms with E-state index < -0.39 is 0 Å². The smallest absolute Gasteiger partial charge is 0.00368 e. The van der Waals surface area contributed by atoms with Crippen LogP contribution < -0.4 is 11.5 Å². The van der Waals surface area contributed by atoms with Crippen LogP contribution in [0, 0.1) is 5.92 Å². The van der Waals surface area contributed by atoms with Gasteiger partial charge in [0.05, 0.1) is 0 Å². The van der Waals surface area contributed by atoms with Gasteiger partial charge in [0.1, 0.15) is 0 Å². The molecule has 0 atom stereocenters. The lowest BCUT2D eigenvalue weighted by Crippen LogP contribution is -2.22. The van der Waals surface area contributed by atoms with Crippen molar-refractivity contribution < 1.29 is 0 Å². The Morgan fingerprint density at radius 2 is 1.64 bits per heavy atom. The van der Waals surface area contributed by atoms with Crippen LogP contribution in [0.15, 0.2) is 0 Å². The van der Waals surface area contributed by atoms with E-state index in [0.717, 1.165) is 13.1 Å². The molecule has 0 aromatic heterocycles. The Morgan fingerprint density at radius 3 is 2.09 bits per heavy atom. The van der Waals surface area contributed by atoms with E-state index in [2.05, 4.69) is 6.92 Å². The molecule has 0 aliphatic carbocycles. The Hall–Kier alpha value is -0.0800. The first-order valence-corrected chi connectivity index (χ1v) is 4.75. The summed E-state index contributed by atoms with van der Waals surface area (Å²) in [7, 11) is 0. The van der Waals surface area contributed by atoms with E-state index in [1.165, 1.54) is 32.1 Å². The normalized spacial score (nSPS) is 10.9. The van der Waals surface area contributed by atoms with Crippen molar-refractivity contribution in [3.63, 3.8) is 0 Å². The fourth-order valence-electron chi connectivity index (χ4n) is 1.19. The molecule has 0 spiro atoms. The van der Waals surface area contributed by atoms with E-state index in [1.54, 1.807) is 0 Å². The molecular formula is C9H22N2. The van der Waals surface area contributed by atoms with Crippen LogP contribution in [0.4, 0.5) is 0 Å². The summed E-state index contributed by atoms with van der Waals surface area (Å²) in [6.07, 6.45) is 6.50. The molecule has 0 aliphatic heterocycles. The van der Waals surface area contributed by atoms with Gasteiger partial charge in [-0.25, -0.2) is 0 Å². The van der Waals surface area contributed by atoms with Gasteiger partial charge in [0.15, 0.2) is 0 Å². The van der Waals surface area contributed by atoms with Crippen LogP contribution >= 0.6 is 0 Å². The van der Waals surface area contributed by atoms with Crippen molar-refractivity contribution >= 4 is 0 Å². The van der Waals surface area contributed by atoms with Crippen molar-refractivity contribution in [3.05, 3.63) is 0 Å². The van der Waals surface area contributed by atoms with Gasteiger partial charge in [-0.05, 0) is 25.4 Å². The molecule has 0 amide bonds. The third-order valence-corrected chi connectivity index (χ3v) is 2.13. The summed E-state index contributed by atoms with van der Waals surface area (Å²) in [4.78, 5) is 0. The lowest BCUT2D eigenvalue weighted by molar-refractivity contribution is 0.471. The quantitative estimate of drug-likeness (QED) is 0.551. The maximum absolute atomic E-state index is 5.52. The highest BCUT2D eigenvalue weighted by atomic mass is 14.6. The van der Waals surface area contributed by atoms with Crippen molar-refractivity contribution in [2.24, 2.45) is 17.4 Å². The average molecular weight is 158 g/mol. The SMILES string of the molecule is CCCCCCC(CN)CN. The summed E-state index contributed by atoms with van der Waals surface area (Å²) in [6.45, 7) is 3.73. The molecule has 2 nitrogen and oxygen atoms in total. The maximum atomic E-state index is 5.52. The minimum absolute atomic E-state index is 0.562. The zero-order valence-electron chi connectivity index (χ0n) is 7.68. The van der Waals surface area contributed by atoms with Crippen LogP contribution in [0.2, 0.25) is 0 Å². The Morgan fingerprint density at radius 1 is 1.00 bits per heavy atom. The Labute approximate surface area is 70.3 Å². The van der Waals surface area contributed by atoms with Gasteiger partial charge < -0.3 is 11.5 Å². The summed E-state index contributed by atoms with van der Waals surface area (Å²) < 4.78 is 0. The summed E-state index contributed by atoms with van der Waals surface area (Å²) in [5.41, 5.74) is 11.0. The van der Waals surface area contributed by atoms with Crippen molar-refractivity contribution in [1.29, 1.82) is 0 Å². The molecule has 0 aromatic carbocycles. The third-order valence-electron chi connectivity index (χ3n) is 2.13. The third kappa shape index (κ3) is 6.32. The van der Waals surface area contributed by atoms with Crippen LogP contribution in [-0.2, 0) is 0 Å². The molecule has 0 fully saturated rings. The van der Waals surface area contributed by atoms with Gasteiger partial charge in [-0.2, -0.15) is 0 Å². The van der Waals surface area contributed by atoms with Crippen LogP contribution in [0.25, 0.3) is 0 Å². The molecule has 0 aromatic rings. The van der Waals surface area contributed by atoms with Crippen molar-refractivity contribution in [1.82, 2.24) is 0 Å². The first kappa shape index (κ1) is 10.9. The molecule has 0 heterocycles. The Kier molecular flexibility index (Phi) is 7.96. The molecule has 0 unspecified atom stereocenters. The van der Waals surface area contributed by atoms with E-state index in [4.69, 9.17) is 11.5 Å². The van der Waals surface area contributed by atoms with Gasteiger partial charge in [0.25, 0.3) is 0 Å².